The predicted molar refractivity (Wildman–Crippen MR) is 118 cm³/mol. The molecule has 0 amide bonds. The van der Waals surface area contributed by atoms with Crippen LogP contribution < -0.4 is 15.9 Å². The highest BCUT2D eigenvalue weighted by atomic mass is 35.5. The van der Waals surface area contributed by atoms with Gasteiger partial charge in [0, 0.05) is 11.8 Å². The predicted octanol–water partition coefficient (Wildman–Crippen LogP) is 5.23. The lowest BCUT2D eigenvalue weighted by Crippen LogP contribution is -2.32. The molecule has 0 bridgehead atoms. The van der Waals surface area contributed by atoms with E-state index in [4.69, 9.17) is 11.6 Å². The molecule has 0 aliphatic carbocycles. The number of rotatable bonds is 5. The lowest BCUT2D eigenvalue weighted by Gasteiger charge is -2.27. The zero-order chi connectivity index (χ0) is 18.5. The fraction of sp³-hybridized carbons (Fsp3) is 0.0417. The fourth-order valence-electron chi connectivity index (χ4n) is 3.54. The minimum Gasteiger partial charge on any atom is -0.244 e. The Hall–Kier alpha value is -2.47. The molecule has 1 aromatic heterocycles. The summed E-state index contributed by atoms with van der Waals surface area (Å²) in [5.41, 5.74) is 1.20. The number of halogens is 1. The Bertz CT molecular complexity index is 890. The Labute approximate surface area is 166 Å². The van der Waals surface area contributed by atoms with E-state index in [-0.39, 0.29) is 0 Å². The maximum Gasteiger partial charge on any atom is 0.129 e. The van der Waals surface area contributed by atoms with Gasteiger partial charge in [0.15, 0.2) is 0 Å². The van der Waals surface area contributed by atoms with E-state index < -0.39 is 7.26 Å². The van der Waals surface area contributed by atoms with Crippen molar-refractivity contribution in [2.24, 2.45) is 0 Å². The molecule has 0 unspecified atom stereocenters. The summed E-state index contributed by atoms with van der Waals surface area (Å²) in [6, 6.07) is 36.6. The third kappa shape index (κ3) is 3.67. The van der Waals surface area contributed by atoms with Crippen LogP contribution in [0.1, 0.15) is 5.56 Å². The van der Waals surface area contributed by atoms with Crippen LogP contribution in [0.3, 0.4) is 0 Å². The molecule has 0 fully saturated rings. The van der Waals surface area contributed by atoms with Crippen LogP contribution in [-0.4, -0.2) is 4.98 Å². The second-order valence-corrected chi connectivity index (χ2v) is 10.3. The molecular formula is C24H20ClNP+. The van der Waals surface area contributed by atoms with Gasteiger partial charge in [-0.2, -0.15) is 0 Å². The molecule has 3 heteroatoms. The summed E-state index contributed by atoms with van der Waals surface area (Å²) < 4.78 is 0. The smallest absolute Gasteiger partial charge is 0.129 e. The minimum atomic E-state index is -1.87. The van der Waals surface area contributed by atoms with Crippen molar-refractivity contribution in [1.29, 1.82) is 0 Å². The summed E-state index contributed by atoms with van der Waals surface area (Å²) in [4.78, 5) is 4.33. The summed E-state index contributed by atoms with van der Waals surface area (Å²) in [7, 11) is -1.87. The van der Waals surface area contributed by atoms with Gasteiger partial charge in [0.25, 0.3) is 0 Å². The Kier molecular flexibility index (Phi) is 5.34. The van der Waals surface area contributed by atoms with Crippen LogP contribution in [0.25, 0.3) is 0 Å². The fourth-order valence-corrected chi connectivity index (χ4v) is 7.87. The normalized spacial score (nSPS) is 11.3. The van der Waals surface area contributed by atoms with Crippen LogP contribution in [0.4, 0.5) is 0 Å². The Morgan fingerprint density at radius 3 is 1.41 bits per heavy atom. The number of benzene rings is 3. The lowest BCUT2D eigenvalue weighted by molar-refractivity contribution is 1.24. The Balaban J connectivity index is 1.98. The van der Waals surface area contributed by atoms with Gasteiger partial charge >= 0.3 is 0 Å². The van der Waals surface area contributed by atoms with E-state index in [1.54, 1.807) is 0 Å². The number of hydrogen-bond donors (Lipinski definition) is 0. The molecule has 0 spiro atoms. The second-order valence-electron chi connectivity index (χ2n) is 6.46. The van der Waals surface area contributed by atoms with Gasteiger partial charge in [-0.3, -0.25) is 0 Å². The van der Waals surface area contributed by atoms with Crippen molar-refractivity contribution in [1.82, 2.24) is 4.98 Å². The third-order valence-corrected chi connectivity index (χ3v) is 9.40. The summed E-state index contributed by atoms with van der Waals surface area (Å²) in [5, 5.41) is 4.65. The highest BCUT2D eigenvalue weighted by Crippen LogP contribution is 2.58. The zero-order valence-electron chi connectivity index (χ0n) is 14.9. The molecule has 3 aromatic carbocycles. The standard InChI is InChI=1S/C24H20ClNP/c25-24-17-16-20(18-26-24)19-27(21-10-4-1-5-11-21,22-12-6-2-7-13-22)23-14-8-3-9-15-23/h1-18H,19H2/q+1. The van der Waals surface area contributed by atoms with Gasteiger partial charge in [-0.15, -0.1) is 0 Å². The molecule has 27 heavy (non-hydrogen) atoms. The molecule has 1 nitrogen and oxygen atoms in total. The molecule has 0 atom stereocenters. The summed E-state index contributed by atoms with van der Waals surface area (Å²) in [5.74, 6) is 0. The second kappa shape index (κ2) is 8.05. The van der Waals surface area contributed by atoms with Crippen molar-refractivity contribution in [3.8, 4) is 0 Å². The monoisotopic (exact) mass is 388 g/mol. The van der Waals surface area contributed by atoms with Gasteiger partial charge in [-0.05, 0) is 42.5 Å². The van der Waals surface area contributed by atoms with Crippen molar-refractivity contribution >= 4 is 34.8 Å². The Morgan fingerprint density at radius 2 is 1.04 bits per heavy atom. The molecule has 4 rings (SSSR count). The highest BCUT2D eigenvalue weighted by Gasteiger charge is 2.45. The number of aromatic nitrogens is 1. The van der Waals surface area contributed by atoms with Gasteiger partial charge < -0.3 is 0 Å². The van der Waals surface area contributed by atoms with Crippen LogP contribution in [0.5, 0.6) is 0 Å². The summed E-state index contributed by atoms with van der Waals surface area (Å²) >= 11 is 6.03. The Morgan fingerprint density at radius 1 is 0.593 bits per heavy atom. The van der Waals surface area contributed by atoms with Crippen molar-refractivity contribution < 1.29 is 0 Å². The van der Waals surface area contributed by atoms with E-state index in [0.29, 0.717) is 5.15 Å². The highest BCUT2D eigenvalue weighted by molar-refractivity contribution is 7.95. The van der Waals surface area contributed by atoms with Gasteiger partial charge in [0.1, 0.15) is 28.3 Å². The maximum absolute atomic E-state index is 6.03. The van der Waals surface area contributed by atoms with E-state index in [9.17, 15) is 0 Å². The average molecular weight is 389 g/mol. The molecule has 132 valence electrons. The molecule has 0 saturated heterocycles. The average Bonchev–Trinajstić information content (AvgIpc) is 2.75. The molecule has 4 aromatic rings. The van der Waals surface area contributed by atoms with Crippen LogP contribution >= 0.6 is 18.9 Å². The third-order valence-electron chi connectivity index (χ3n) is 4.80. The van der Waals surface area contributed by atoms with Crippen LogP contribution in [0, 0.1) is 0 Å². The molecule has 0 saturated carbocycles. The van der Waals surface area contributed by atoms with E-state index >= 15 is 0 Å². The lowest BCUT2D eigenvalue weighted by atomic mass is 10.3. The largest absolute Gasteiger partial charge is 0.244 e. The first kappa shape index (κ1) is 17.9. The SMILES string of the molecule is Clc1ccc(C[P+](c2ccccc2)(c2ccccc2)c2ccccc2)cn1. The van der Waals surface area contributed by atoms with Crippen LogP contribution in [0.2, 0.25) is 5.15 Å². The summed E-state index contributed by atoms with van der Waals surface area (Å²) in [6.45, 7) is 0. The first-order valence-corrected chi connectivity index (χ1v) is 11.3. The molecule has 1 heterocycles. The van der Waals surface area contributed by atoms with Crippen molar-refractivity contribution in [3.05, 3.63) is 120 Å². The quantitative estimate of drug-likeness (QED) is 0.337. The molecule has 0 aliphatic rings. The zero-order valence-corrected chi connectivity index (χ0v) is 16.5. The molecule has 0 radical (unpaired) electrons. The van der Waals surface area contributed by atoms with E-state index in [1.807, 2.05) is 12.3 Å². The molecule has 0 N–H and O–H groups in total. The van der Waals surface area contributed by atoms with E-state index in [1.165, 1.54) is 21.5 Å². The van der Waals surface area contributed by atoms with E-state index in [0.717, 1.165) is 6.16 Å². The van der Waals surface area contributed by atoms with Gasteiger partial charge in [0.2, 0.25) is 0 Å². The first-order valence-electron chi connectivity index (χ1n) is 8.94. The van der Waals surface area contributed by atoms with Crippen molar-refractivity contribution in [3.63, 3.8) is 0 Å². The first-order chi connectivity index (χ1) is 13.3. The maximum atomic E-state index is 6.03. The topological polar surface area (TPSA) is 12.9 Å². The van der Waals surface area contributed by atoms with Crippen molar-refractivity contribution in [2.75, 3.05) is 0 Å². The molecule has 0 aliphatic heterocycles. The van der Waals surface area contributed by atoms with Gasteiger partial charge in [-0.25, -0.2) is 4.98 Å². The minimum absolute atomic E-state index is 0.529. The molecular weight excluding hydrogens is 369 g/mol. The van der Waals surface area contributed by atoms with Crippen LogP contribution in [-0.2, 0) is 6.16 Å². The van der Waals surface area contributed by atoms with Crippen molar-refractivity contribution in [2.45, 2.75) is 6.16 Å². The number of hydrogen-bond acceptors (Lipinski definition) is 1. The van der Waals surface area contributed by atoms with Gasteiger partial charge in [0.05, 0.1) is 6.16 Å². The van der Waals surface area contributed by atoms with Crippen LogP contribution in [0.15, 0.2) is 109 Å². The van der Waals surface area contributed by atoms with E-state index in [2.05, 4.69) is 102 Å². The summed E-state index contributed by atoms with van der Waals surface area (Å²) in [6.07, 6.45) is 2.82. The number of pyridine rings is 1. The van der Waals surface area contributed by atoms with Gasteiger partial charge in [-0.1, -0.05) is 72.3 Å². The number of nitrogens with zero attached hydrogens (tertiary/aromatic N) is 1.